The molecular formula is C21H27ClFN3O4. The first-order valence-corrected chi connectivity index (χ1v) is 10.9. The monoisotopic (exact) mass is 439 g/mol. The van der Waals surface area contributed by atoms with Gasteiger partial charge in [0.1, 0.15) is 17.6 Å². The molecule has 9 heteroatoms. The van der Waals surface area contributed by atoms with Gasteiger partial charge in [0.25, 0.3) is 5.91 Å². The number of carbonyl (C=O) groups excluding carboxylic acids is 2. The topological polar surface area (TPSA) is 88.7 Å². The number of rotatable bonds is 7. The molecule has 4 rings (SSSR count). The zero-order valence-corrected chi connectivity index (χ0v) is 17.6. The van der Waals surface area contributed by atoms with Crippen LogP contribution in [0.25, 0.3) is 0 Å². The summed E-state index contributed by atoms with van der Waals surface area (Å²) in [5, 5.41) is 9.30. The Labute approximate surface area is 180 Å². The minimum Gasteiger partial charge on any atom is -0.484 e. The lowest BCUT2D eigenvalue weighted by molar-refractivity contribution is -0.125. The minimum absolute atomic E-state index is 0.00173. The van der Waals surface area contributed by atoms with Gasteiger partial charge in [0, 0.05) is 18.2 Å². The second kappa shape index (κ2) is 9.08. The van der Waals surface area contributed by atoms with E-state index in [0.29, 0.717) is 25.0 Å². The lowest BCUT2D eigenvalue weighted by Gasteiger charge is -2.36. The van der Waals surface area contributed by atoms with Gasteiger partial charge >= 0.3 is 0 Å². The van der Waals surface area contributed by atoms with Gasteiger partial charge in [-0.2, -0.15) is 0 Å². The Bertz CT molecular complexity index is 810. The maximum Gasteiger partial charge on any atom is 0.258 e. The fraction of sp³-hybridized carbons (Fsp3) is 0.619. The number of carbonyl (C=O) groups is 2. The predicted octanol–water partition coefficient (Wildman–Crippen LogP) is 1.98. The number of amides is 2. The first-order valence-electron chi connectivity index (χ1n) is 10.5. The third-order valence-corrected chi connectivity index (χ3v) is 6.82. The predicted molar refractivity (Wildman–Crippen MR) is 109 cm³/mol. The third kappa shape index (κ3) is 4.40. The Hall–Kier alpha value is -1.90. The summed E-state index contributed by atoms with van der Waals surface area (Å²) in [7, 11) is 0. The molecule has 1 aromatic rings. The largest absolute Gasteiger partial charge is 0.484 e. The molecule has 0 radical (unpaired) electrons. The highest BCUT2D eigenvalue weighted by Gasteiger charge is 2.50. The van der Waals surface area contributed by atoms with Gasteiger partial charge in [-0.15, -0.1) is 0 Å². The molecule has 3 aliphatic rings. The number of halogens is 2. The van der Waals surface area contributed by atoms with E-state index in [4.69, 9.17) is 21.1 Å². The molecule has 164 valence electrons. The van der Waals surface area contributed by atoms with Crippen molar-refractivity contribution in [2.45, 2.75) is 56.8 Å². The number of hydrogen-bond acceptors (Lipinski definition) is 5. The molecule has 1 aromatic carbocycles. The van der Waals surface area contributed by atoms with Crippen molar-refractivity contribution in [1.82, 2.24) is 16.0 Å². The molecule has 7 nitrogen and oxygen atoms in total. The molecule has 1 heterocycles. The summed E-state index contributed by atoms with van der Waals surface area (Å²) in [4.78, 5) is 25.0. The molecule has 5 unspecified atom stereocenters. The highest BCUT2D eigenvalue weighted by molar-refractivity contribution is 6.30. The second-order valence-corrected chi connectivity index (χ2v) is 8.64. The van der Waals surface area contributed by atoms with Crippen molar-refractivity contribution >= 4 is 23.4 Å². The lowest BCUT2D eigenvalue weighted by Crippen LogP contribution is -2.51. The molecule has 3 N–H and O–H groups in total. The number of nitrogens with one attached hydrogen (secondary N) is 3. The summed E-state index contributed by atoms with van der Waals surface area (Å²) in [6.07, 6.45) is 3.46. The van der Waals surface area contributed by atoms with Gasteiger partial charge in [0.15, 0.2) is 6.61 Å². The van der Waals surface area contributed by atoms with E-state index >= 15 is 0 Å². The lowest BCUT2D eigenvalue weighted by atomic mass is 9.73. The van der Waals surface area contributed by atoms with Crippen molar-refractivity contribution in [3.63, 3.8) is 0 Å². The van der Waals surface area contributed by atoms with E-state index in [0.717, 1.165) is 25.3 Å². The van der Waals surface area contributed by atoms with E-state index in [1.807, 2.05) is 6.92 Å². The van der Waals surface area contributed by atoms with Crippen LogP contribution in [-0.4, -0.2) is 49.4 Å². The molecule has 1 aliphatic heterocycles. The van der Waals surface area contributed by atoms with Crippen molar-refractivity contribution in [1.29, 1.82) is 0 Å². The summed E-state index contributed by atoms with van der Waals surface area (Å²) in [6, 6.07) is 3.79. The average Bonchev–Trinajstić information content (AvgIpc) is 3.24. The zero-order valence-electron chi connectivity index (χ0n) is 16.8. The van der Waals surface area contributed by atoms with Gasteiger partial charge in [-0.25, -0.2) is 4.39 Å². The summed E-state index contributed by atoms with van der Waals surface area (Å²) in [5.74, 6) is 0.116. The maximum atomic E-state index is 13.5. The summed E-state index contributed by atoms with van der Waals surface area (Å²) in [6.45, 7) is 2.19. The van der Waals surface area contributed by atoms with Gasteiger partial charge in [-0.3, -0.25) is 14.9 Å². The molecule has 2 aliphatic carbocycles. The first-order chi connectivity index (χ1) is 14.5. The van der Waals surface area contributed by atoms with Gasteiger partial charge in [-0.05, 0) is 49.7 Å². The molecule has 0 bridgehead atoms. The Morgan fingerprint density at radius 2 is 2.00 bits per heavy atom. The molecule has 1 saturated heterocycles. The number of benzene rings is 1. The van der Waals surface area contributed by atoms with Crippen molar-refractivity contribution < 1.29 is 23.5 Å². The smallest absolute Gasteiger partial charge is 0.258 e. The van der Waals surface area contributed by atoms with E-state index < -0.39 is 5.82 Å². The fourth-order valence-electron chi connectivity index (χ4n) is 4.83. The molecular weight excluding hydrogens is 413 g/mol. The van der Waals surface area contributed by atoms with Crippen LogP contribution in [0.5, 0.6) is 5.75 Å². The second-order valence-electron chi connectivity index (χ2n) is 8.23. The van der Waals surface area contributed by atoms with Gasteiger partial charge in [0.2, 0.25) is 5.91 Å². The van der Waals surface area contributed by atoms with Crippen LogP contribution in [0.1, 0.15) is 32.6 Å². The summed E-state index contributed by atoms with van der Waals surface area (Å²) in [5.41, 5.74) is 0. The third-order valence-electron chi connectivity index (χ3n) is 6.52. The Morgan fingerprint density at radius 3 is 2.67 bits per heavy atom. The quantitative estimate of drug-likeness (QED) is 0.604. The van der Waals surface area contributed by atoms with Crippen LogP contribution in [-0.2, 0) is 14.3 Å². The molecule has 2 amide bonds. The van der Waals surface area contributed by atoms with Crippen LogP contribution in [0.2, 0.25) is 5.02 Å². The van der Waals surface area contributed by atoms with Crippen LogP contribution in [0.3, 0.4) is 0 Å². The molecule has 0 aromatic heterocycles. The zero-order chi connectivity index (χ0) is 21.3. The van der Waals surface area contributed by atoms with Crippen LogP contribution in [0, 0.1) is 17.7 Å². The average molecular weight is 440 g/mol. The van der Waals surface area contributed by atoms with Crippen LogP contribution in [0.15, 0.2) is 18.2 Å². The van der Waals surface area contributed by atoms with Crippen molar-refractivity contribution in [2.75, 3.05) is 13.3 Å². The van der Waals surface area contributed by atoms with Crippen molar-refractivity contribution in [2.24, 2.45) is 11.8 Å². The van der Waals surface area contributed by atoms with Crippen LogP contribution < -0.4 is 20.7 Å². The Balaban J connectivity index is 1.27. The molecule has 6 atom stereocenters. The molecule has 2 saturated carbocycles. The van der Waals surface area contributed by atoms with Crippen LogP contribution in [0.4, 0.5) is 4.39 Å². The number of fused-ring (bicyclic) bond motifs is 1. The van der Waals surface area contributed by atoms with E-state index in [1.165, 1.54) is 12.1 Å². The van der Waals surface area contributed by atoms with Crippen LogP contribution >= 0.6 is 11.6 Å². The van der Waals surface area contributed by atoms with E-state index in [-0.39, 0.29) is 53.4 Å². The first kappa shape index (κ1) is 21.3. The standard InChI is InChI=1S/C21H27ClFN3O4/c1-2-18-20(24-10-30-18)21(28)26-17-8-16(12-4-5-13(12)17)25-19(27)9-29-11-3-6-14(22)15(23)7-11/h3,6-7,12-13,16-18,20,24H,2,4-5,8-10H2,1H3,(H,25,27)(H,26,28)/t12?,13?,16-,17?,18?,20?/m0/s1. The molecule has 0 spiro atoms. The van der Waals surface area contributed by atoms with E-state index in [9.17, 15) is 14.0 Å². The van der Waals surface area contributed by atoms with Gasteiger partial charge in [0.05, 0.1) is 17.9 Å². The molecule has 3 fully saturated rings. The maximum absolute atomic E-state index is 13.5. The van der Waals surface area contributed by atoms with Gasteiger partial charge < -0.3 is 20.1 Å². The number of hydrogen-bond donors (Lipinski definition) is 3. The SMILES string of the molecule is CCC1OCNC1C(=O)NC1C[C@H](NC(=O)COc2ccc(Cl)c(F)c2)C2CCC12. The van der Waals surface area contributed by atoms with E-state index in [1.54, 1.807) is 0 Å². The highest BCUT2D eigenvalue weighted by Crippen LogP contribution is 2.47. The Morgan fingerprint density at radius 1 is 1.27 bits per heavy atom. The highest BCUT2D eigenvalue weighted by atomic mass is 35.5. The Kier molecular flexibility index (Phi) is 6.46. The van der Waals surface area contributed by atoms with Crippen molar-refractivity contribution in [3.05, 3.63) is 29.0 Å². The van der Waals surface area contributed by atoms with E-state index in [2.05, 4.69) is 16.0 Å². The molecule has 30 heavy (non-hydrogen) atoms. The minimum atomic E-state index is -0.589. The fourth-order valence-corrected chi connectivity index (χ4v) is 4.95. The number of ether oxygens (including phenoxy) is 2. The summed E-state index contributed by atoms with van der Waals surface area (Å²) < 4.78 is 24.4. The van der Waals surface area contributed by atoms with Crippen molar-refractivity contribution in [3.8, 4) is 5.75 Å². The van der Waals surface area contributed by atoms with Gasteiger partial charge in [-0.1, -0.05) is 18.5 Å². The summed E-state index contributed by atoms with van der Waals surface area (Å²) >= 11 is 5.65. The normalized spacial score (nSPS) is 32.2.